The molecule has 0 bridgehead atoms. The molecule has 10 heavy (non-hydrogen) atoms. The average Bonchev–Trinajstić information content (AvgIpc) is 2.41. The van der Waals surface area contributed by atoms with Crippen molar-refractivity contribution in [2.24, 2.45) is 0 Å². The van der Waals surface area contributed by atoms with Gasteiger partial charge in [0.2, 0.25) is 5.13 Å². The Balaban J connectivity index is 2.15. The van der Waals surface area contributed by atoms with Gasteiger partial charge in [-0.15, -0.1) is 0 Å². The van der Waals surface area contributed by atoms with Crippen molar-refractivity contribution in [1.82, 2.24) is 9.36 Å². The minimum atomic E-state index is 0.214. The number of rotatable bonds is 4. The lowest BCUT2D eigenvalue weighted by molar-refractivity contribution is 0.292. The third-order valence-electron chi connectivity index (χ3n) is 0.972. The molecule has 1 heterocycles. The van der Waals surface area contributed by atoms with E-state index >= 15 is 0 Å². The first-order valence-corrected chi connectivity index (χ1v) is 3.82. The summed E-state index contributed by atoms with van der Waals surface area (Å²) < 4.78 is 3.81. The Morgan fingerprint density at radius 2 is 2.60 bits per heavy atom. The molecule has 5 heteroatoms. The Hall–Kier alpha value is -0.680. The number of nitrogens with one attached hydrogen (secondary N) is 1. The van der Waals surface area contributed by atoms with Crippen LogP contribution < -0.4 is 5.32 Å². The maximum atomic E-state index is 8.42. The molecule has 1 aromatic heterocycles. The van der Waals surface area contributed by atoms with E-state index in [0.29, 0.717) is 0 Å². The lowest BCUT2D eigenvalue weighted by Gasteiger charge is -1.96. The topological polar surface area (TPSA) is 58.0 Å². The molecule has 0 aliphatic carbocycles. The van der Waals surface area contributed by atoms with Crippen molar-refractivity contribution in [3.63, 3.8) is 0 Å². The summed E-state index contributed by atoms with van der Waals surface area (Å²) in [6.45, 7) is 0.970. The van der Waals surface area contributed by atoms with Gasteiger partial charge >= 0.3 is 0 Å². The van der Waals surface area contributed by atoms with Crippen LogP contribution in [0.4, 0.5) is 5.13 Å². The molecule has 0 aliphatic rings. The van der Waals surface area contributed by atoms with Crippen LogP contribution in [0.25, 0.3) is 0 Å². The summed E-state index contributed by atoms with van der Waals surface area (Å²) in [6, 6.07) is 0. The van der Waals surface area contributed by atoms with E-state index in [1.54, 1.807) is 0 Å². The summed E-state index contributed by atoms with van der Waals surface area (Å²) in [5, 5.41) is 12.2. The largest absolute Gasteiger partial charge is 0.396 e. The van der Waals surface area contributed by atoms with E-state index in [9.17, 15) is 0 Å². The quantitative estimate of drug-likeness (QED) is 0.622. The zero-order chi connectivity index (χ0) is 7.23. The van der Waals surface area contributed by atoms with Gasteiger partial charge in [0.1, 0.15) is 6.33 Å². The third kappa shape index (κ3) is 2.28. The van der Waals surface area contributed by atoms with Gasteiger partial charge in [-0.1, -0.05) is 0 Å². The van der Waals surface area contributed by atoms with Gasteiger partial charge in [0.25, 0.3) is 0 Å². The van der Waals surface area contributed by atoms with Crippen molar-refractivity contribution in [2.45, 2.75) is 6.42 Å². The van der Waals surface area contributed by atoms with E-state index in [4.69, 9.17) is 5.11 Å². The third-order valence-corrected chi connectivity index (χ3v) is 1.59. The van der Waals surface area contributed by atoms with Crippen molar-refractivity contribution < 1.29 is 5.11 Å². The Morgan fingerprint density at radius 1 is 1.70 bits per heavy atom. The van der Waals surface area contributed by atoms with Crippen LogP contribution >= 0.6 is 11.5 Å². The first-order valence-electron chi connectivity index (χ1n) is 3.05. The monoisotopic (exact) mass is 159 g/mol. The molecule has 0 saturated heterocycles. The normalized spacial score (nSPS) is 9.70. The van der Waals surface area contributed by atoms with Gasteiger partial charge in [-0.3, -0.25) is 0 Å². The highest BCUT2D eigenvalue weighted by molar-refractivity contribution is 7.09. The molecule has 0 atom stereocenters. The Kier molecular flexibility index (Phi) is 3.11. The molecule has 0 aliphatic heterocycles. The van der Waals surface area contributed by atoms with Crippen molar-refractivity contribution in [2.75, 3.05) is 18.5 Å². The highest BCUT2D eigenvalue weighted by Gasteiger charge is 1.91. The van der Waals surface area contributed by atoms with E-state index in [0.717, 1.165) is 18.1 Å². The van der Waals surface area contributed by atoms with Crippen LogP contribution in [-0.4, -0.2) is 27.6 Å². The Morgan fingerprint density at radius 3 is 3.20 bits per heavy atom. The van der Waals surface area contributed by atoms with Crippen LogP contribution in [0.15, 0.2) is 6.33 Å². The zero-order valence-electron chi connectivity index (χ0n) is 5.45. The summed E-state index contributed by atoms with van der Waals surface area (Å²) in [5.41, 5.74) is 0. The molecular formula is C5H9N3OS. The van der Waals surface area contributed by atoms with E-state index in [1.807, 2.05) is 0 Å². The van der Waals surface area contributed by atoms with E-state index in [-0.39, 0.29) is 6.61 Å². The van der Waals surface area contributed by atoms with Crippen molar-refractivity contribution in [3.05, 3.63) is 6.33 Å². The first-order chi connectivity index (χ1) is 4.93. The SMILES string of the molecule is OCCCNc1ncns1. The number of hydrogen-bond acceptors (Lipinski definition) is 5. The molecule has 0 spiro atoms. The van der Waals surface area contributed by atoms with Gasteiger partial charge in [0.15, 0.2) is 0 Å². The predicted octanol–water partition coefficient (Wildman–Crippen LogP) is 0.332. The number of aliphatic hydroxyl groups excluding tert-OH is 1. The summed E-state index contributed by atoms with van der Waals surface area (Å²) in [4.78, 5) is 3.90. The highest BCUT2D eigenvalue weighted by atomic mass is 32.1. The van der Waals surface area contributed by atoms with Crippen molar-refractivity contribution >= 4 is 16.7 Å². The highest BCUT2D eigenvalue weighted by Crippen LogP contribution is 2.05. The summed E-state index contributed by atoms with van der Waals surface area (Å²) >= 11 is 1.32. The summed E-state index contributed by atoms with van der Waals surface area (Å²) in [5.74, 6) is 0. The van der Waals surface area contributed by atoms with Gasteiger partial charge in [0.05, 0.1) is 0 Å². The molecule has 4 nitrogen and oxygen atoms in total. The molecular weight excluding hydrogens is 150 g/mol. The molecule has 0 unspecified atom stereocenters. The summed E-state index contributed by atoms with van der Waals surface area (Å²) in [6.07, 6.45) is 2.26. The van der Waals surface area contributed by atoms with Gasteiger partial charge in [0, 0.05) is 24.7 Å². The van der Waals surface area contributed by atoms with E-state index < -0.39 is 0 Å². The fourth-order valence-electron chi connectivity index (χ4n) is 0.525. The van der Waals surface area contributed by atoms with Crippen molar-refractivity contribution in [1.29, 1.82) is 0 Å². The second-order valence-corrected chi connectivity index (χ2v) is 2.53. The van der Waals surface area contributed by atoms with E-state index in [2.05, 4.69) is 14.7 Å². The molecule has 0 amide bonds. The van der Waals surface area contributed by atoms with Gasteiger partial charge in [-0.2, -0.15) is 4.37 Å². The predicted molar refractivity (Wildman–Crippen MR) is 40.1 cm³/mol. The Labute approximate surface area is 63.1 Å². The second kappa shape index (κ2) is 4.19. The van der Waals surface area contributed by atoms with Crippen LogP contribution in [0.5, 0.6) is 0 Å². The molecule has 0 aromatic carbocycles. The molecule has 0 fully saturated rings. The molecule has 56 valence electrons. The fourth-order valence-corrected chi connectivity index (χ4v) is 0.980. The minimum absolute atomic E-state index is 0.214. The number of aliphatic hydroxyl groups is 1. The summed E-state index contributed by atoms with van der Waals surface area (Å²) in [7, 11) is 0. The Bertz CT molecular complexity index is 165. The van der Waals surface area contributed by atoms with Crippen LogP contribution in [0.3, 0.4) is 0 Å². The molecule has 1 rings (SSSR count). The molecule has 0 radical (unpaired) electrons. The molecule has 0 saturated carbocycles. The maximum Gasteiger partial charge on any atom is 0.202 e. The fraction of sp³-hybridized carbons (Fsp3) is 0.600. The van der Waals surface area contributed by atoms with Crippen LogP contribution in [0.2, 0.25) is 0 Å². The standard InChI is InChI=1S/C5H9N3OS/c9-3-1-2-6-5-7-4-8-10-5/h4,9H,1-3H2,(H,6,7,8). The van der Waals surface area contributed by atoms with Crippen LogP contribution in [0.1, 0.15) is 6.42 Å². The van der Waals surface area contributed by atoms with E-state index in [1.165, 1.54) is 17.9 Å². The van der Waals surface area contributed by atoms with Crippen LogP contribution in [-0.2, 0) is 0 Å². The molecule has 1 aromatic rings. The second-order valence-electron chi connectivity index (χ2n) is 1.75. The maximum absolute atomic E-state index is 8.42. The zero-order valence-corrected chi connectivity index (χ0v) is 6.27. The van der Waals surface area contributed by atoms with Gasteiger partial charge in [-0.25, -0.2) is 4.98 Å². The van der Waals surface area contributed by atoms with Crippen LogP contribution in [0, 0.1) is 0 Å². The number of anilines is 1. The smallest absolute Gasteiger partial charge is 0.202 e. The number of hydrogen-bond donors (Lipinski definition) is 2. The lowest BCUT2D eigenvalue weighted by Crippen LogP contribution is -2.02. The van der Waals surface area contributed by atoms with Gasteiger partial charge in [-0.05, 0) is 6.42 Å². The first kappa shape index (κ1) is 7.43. The van der Waals surface area contributed by atoms with Crippen molar-refractivity contribution in [3.8, 4) is 0 Å². The minimum Gasteiger partial charge on any atom is -0.396 e. The number of nitrogens with zero attached hydrogens (tertiary/aromatic N) is 2. The number of aromatic nitrogens is 2. The molecule has 2 N–H and O–H groups in total. The average molecular weight is 159 g/mol. The van der Waals surface area contributed by atoms with Gasteiger partial charge < -0.3 is 10.4 Å². The lowest BCUT2D eigenvalue weighted by atomic mass is 10.5.